The van der Waals surface area contributed by atoms with Crippen molar-refractivity contribution < 1.29 is 9.53 Å². The van der Waals surface area contributed by atoms with Gasteiger partial charge in [-0.2, -0.15) is 0 Å². The highest BCUT2D eigenvalue weighted by Crippen LogP contribution is 2.26. The number of fused-ring (bicyclic) bond motifs is 1. The van der Waals surface area contributed by atoms with E-state index in [0.717, 1.165) is 11.3 Å². The monoisotopic (exact) mass is 204 g/mol. The number of benzene rings is 1. The van der Waals surface area contributed by atoms with E-state index < -0.39 is 12.1 Å². The third kappa shape index (κ3) is 1.71. The third-order valence-electron chi connectivity index (χ3n) is 2.36. The predicted molar refractivity (Wildman–Crippen MR) is 58.0 cm³/mol. The van der Waals surface area contributed by atoms with Crippen molar-refractivity contribution in [3.8, 4) is 0 Å². The van der Waals surface area contributed by atoms with Crippen molar-refractivity contribution in [1.82, 2.24) is 0 Å². The molecule has 3 N–H and O–H groups in total. The summed E-state index contributed by atoms with van der Waals surface area (Å²) in [6, 6.07) is 7.66. The molecule has 1 aliphatic heterocycles. The Hall–Kier alpha value is -1.81. The first-order valence-electron chi connectivity index (χ1n) is 4.62. The number of ether oxygens (including phenoxy) is 1. The topological polar surface area (TPSA) is 64.3 Å². The summed E-state index contributed by atoms with van der Waals surface area (Å²) in [7, 11) is 1.53. The molecule has 0 bridgehead atoms. The lowest BCUT2D eigenvalue weighted by atomic mass is 10.0. The zero-order valence-electron chi connectivity index (χ0n) is 8.36. The highest BCUT2D eigenvalue weighted by molar-refractivity contribution is 6.00. The molecule has 1 aromatic rings. The van der Waals surface area contributed by atoms with Crippen LogP contribution in [0.15, 0.2) is 29.8 Å². The smallest absolute Gasteiger partial charge is 0.249 e. The molecular weight excluding hydrogens is 192 g/mol. The summed E-state index contributed by atoms with van der Waals surface area (Å²) in [5.41, 5.74) is 7.59. The Bertz CT molecular complexity index is 426. The number of primary amides is 1. The number of amides is 1. The Morgan fingerprint density at radius 2 is 2.20 bits per heavy atom. The Balaban J connectivity index is 2.46. The summed E-state index contributed by atoms with van der Waals surface area (Å²) in [5, 5.41) is 3.09. The molecule has 4 heteroatoms. The number of para-hydroxylation sites is 1. The second-order valence-electron chi connectivity index (χ2n) is 3.31. The van der Waals surface area contributed by atoms with Crippen LogP contribution in [0, 0.1) is 0 Å². The third-order valence-corrected chi connectivity index (χ3v) is 2.36. The van der Waals surface area contributed by atoms with Crippen LogP contribution in [0.5, 0.6) is 0 Å². The summed E-state index contributed by atoms with van der Waals surface area (Å²) in [5.74, 6) is -0.469. The molecular formula is C11H12N2O2. The quantitative estimate of drug-likeness (QED) is 0.754. The molecule has 0 aliphatic carbocycles. The Kier molecular flexibility index (Phi) is 2.43. The van der Waals surface area contributed by atoms with Gasteiger partial charge >= 0.3 is 0 Å². The van der Waals surface area contributed by atoms with Gasteiger partial charge in [0, 0.05) is 12.8 Å². The van der Waals surface area contributed by atoms with Gasteiger partial charge < -0.3 is 15.8 Å². The van der Waals surface area contributed by atoms with Gasteiger partial charge in [-0.05, 0) is 17.7 Å². The Labute approximate surface area is 87.7 Å². The van der Waals surface area contributed by atoms with Crippen LogP contribution in [-0.2, 0) is 9.53 Å². The van der Waals surface area contributed by atoms with Gasteiger partial charge in [0.25, 0.3) is 0 Å². The first kappa shape index (κ1) is 9.73. The number of nitrogens with one attached hydrogen (secondary N) is 1. The molecule has 1 atom stereocenters. The summed E-state index contributed by atoms with van der Waals surface area (Å²) < 4.78 is 5.14. The lowest BCUT2D eigenvalue weighted by molar-refractivity contribution is -0.115. The molecule has 2 rings (SSSR count). The molecule has 1 amide bonds. The van der Waals surface area contributed by atoms with Crippen LogP contribution in [0.1, 0.15) is 5.56 Å². The number of carbonyl (C=O) groups is 1. The number of rotatable bonds is 2. The second-order valence-corrected chi connectivity index (χ2v) is 3.31. The van der Waals surface area contributed by atoms with E-state index in [1.807, 2.05) is 24.3 Å². The molecule has 78 valence electrons. The van der Waals surface area contributed by atoms with Crippen LogP contribution in [0.2, 0.25) is 0 Å². The fraction of sp³-hybridized carbons (Fsp3) is 0.182. The highest BCUT2D eigenvalue weighted by Gasteiger charge is 2.23. The maximum absolute atomic E-state index is 11.2. The van der Waals surface area contributed by atoms with E-state index in [0.29, 0.717) is 5.57 Å². The molecule has 4 nitrogen and oxygen atoms in total. The van der Waals surface area contributed by atoms with Gasteiger partial charge in [-0.3, -0.25) is 4.79 Å². The standard InChI is InChI=1S/C11H12N2O2/c1-15-11-8(10(12)14)6-7-4-2-3-5-9(7)13-11/h2-6,11,13H,1H3,(H2,12,14). The van der Waals surface area contributed by atoms with Gasteiger partial charge in [-0.15, -0.1) is 0 Å². The van der Waals surface area contributed by atoms with Crippen molar-refractivity contribution in [1.29, 1.82) is 0 Å². The van der Waals surface area contributed by atoms with Crippen molar-refractivity contribution in [2.75, 3.05) is 12.4 Å². The second kappa shape index (κ2) is 3.74. The maximum Gasteiger partial charge on any atom is 0.249 e. The van der Waals surface area contributed by atoms with Crippen LogP contribution in [0.4, 0.5) is 5.69 Å². The van der Waals surface area contributed by atoms with Crippen molar-refractivity contribution in [2.24, 2.45) is 5.73 Å². The molecule has 1 unspecified atom stereocenters. The fourth-order valence-corrected chi connectivity index (χ4v) is 1.60. The van der Waals surface area contributed by atoms with Crippen molar-refractivity contribution in [2.45, 2.75) is 6.23 Å². The lowest BCUT2D eigenvalue weighted by Crippen LogP contribution is -2.34. The number of carbonyl (C=O) groups excluding carboxylic acids is 1. The average molecular weight is 204 g/mol. The number of nitrogens with two attached hydrogens (primary N) is 1. The van der Waals surface area contributed by atoms with Crippen molar-refractivity contribution in [3.63, 3.8) is 0 Å². The van der Waals surface area contributed by atoms with Gasteiger partial charge in [0.1, 0.15) is 0 Å². The van der Waals surface area contributed by atoms with E-state index in [1.54, 1.807) is 6.08 Å². The summed E-state index contributed by atoms with van der Waals surface area (Å²) in [6.07, 6.45) is 1.29. The number of hydrogen-bond donors (Lipinski definition) is 2. The van der Waals surface area contributed by atoms with E-state index in [2.05, 4.69) is 5.32 Å². The SMILES string of the molecule is COC1Nc2ccccc2C=C1C(N)=O. The van der Waals surface area contributed by atoms with Crippen LogP contribution < -0.4 is 11.1 Å². The minimum Gasteiger partial charge on any atom is -0.366 e. The predicted octanol–water partition coefficient (Wildman–Crippen LogP) is 0.953. The first-order chi connectivity index (χ1) is 7.22. The zero-order chi connectivity index (χ0) is 10.8. The number of anilines is 1. The van der Waals surface area contributed by atoms with Gasteiger partial charge in [0.15, 0.2) is 6.23 Å². The molecule has 15 heavy (non-hydrogen) atoms. The van der Waals surface area contributed by atoms with Gasteiger partial charge in [-0.25, -0.2) is 0 Å². The molecule has 1 aromatic carbocycles. The molecule has 1 heterocycles. The summed E-state index contributed by atoms with van der Waals surface area (Å²) >= 11 is 0. The van der Waals surface area contributed by atoms with Crippen LogP contribution in [0.25, 0.3) is 6.08 Å². The van der Waals surface area contributed by atoms with E-state index in [9.17, 15) is 4.79 Å². The fourth-order valence-electron chi connectivity index (χ4n) is 1.60. The molecule has 0 saturated heterocycles. The van der Waals surface area contributed by atoms with E-state index >= 15 is 0 Å². The van der Waals surface area contributed by atoms with Crippen LogP contribution in [-0.4, -0.2) is 19.2 Å². The van der Waals surface area contributed by atoms with E-state index in [4.69, 9.17) is 10.5 Å². The Morgan fingerprint density at radius 3 is 2.87 bits per heavy atom. The lowest BCUT2D eigenvalue weighted by Gasteiger charge is -2.25. The Morgan fingerprint density at radius 1 is 1.47 bits per heavy atom. The van der Waals surface area contributed by atoms with Crippen LogP contribution >= 0.6 is 0 Å². The van der Waals surface area contributed by atoms with Gasteiger partial charge in [-0.1, -0.05) is 18.2 Å². The maximum atomic E-state index is 11.2. The number of hydrogen-bond acceptors (Lipinski definition) is 3. The average Bonchev–Trinajstić information content (AvgIpc) is 2.27. The highest BCUT2D eigenvalue weighted by atomic mass is 16.5. The van der Waals surface area contributed by atoms with E-state index in [-0.39, 0.29) is 0 Å². The summed E-state index contributed by atoms with van der Waals surface area (Å²) in [6.45, 7) is 0. The zero-order valence-corrected chi connectivity index (χ0v) is 8.36. The molecule has 0 radical (unpaired) electrons. The largest absolute Gasteiger partial charge is 0.366 e. The van der Waals surface area contributed by atoms with Crippen LogP contribution in [0.3, 0.4) is 0 Å². The molecule has 0 saturated carbocycles. The van der Waals surface area contributed by atoms with Crippen molar-refractivity contribution in [3.05, 3.63) is 35.4 Å². The normalized spacial score (nSPS) is 18.7. The molecule has 1 aliphatic rings. The molecule has 0 spiro atoms. The first-order valence-corrected chi connectivity index (χ1v) is 4.62. The van der Waals surface area contributed by atoms with Gasteiger partial charge in [0.05, 0.1) is 5.57 Å². The minimum atomic E-state index is -0.469. The molecule has 0 fully saturated rings. The van der Waals surface area contributed by atoms with Crippen molar-refractivity contribution >= 4 is 17.7 Å². The summed E-state index contributed by atoms with van der Waals surface area (Å²) in [4.78, 5) is 11.2. The van der Waals surface area contributed by atoms with E-state index in [1.165, 1.54) is 7.11 Å². The molecule has 0 aromatic heterocycles. The van der Waals surface area contributed by atoms with Gasteiger partial charge in [0.2, 0.25) is 5.91 Å². The minimum absolute atomic E-state index is 0.441. The number of methoxy groups -OCH3 is 1.